The largest absolute Gasteiger partial charge is 0.418 e. The van der Waals surface area contributed by atoms with Gasteiger partial charge in [0.15, 0.2) is 0 Å². The first kappa shape index (κ1) is 19.5. The number of benzene rings is 1. The van der Waals surface area contributed by atoms with Gasteiger partial charge in [-0.2, -0.15) is 13.2 Å². The predicted molar refractivity (Wildman–Crippen MR) is 88.4 cm³/mol. The van der Waals surface area contributed by atoms with Crippen molar-refractivity contribution in [3.63, 3.8) is 0 Å². The van der Waals surface area contributed by atoms with Crippen molar-refractivity contribution in [1.29, 1.82) is 0 Å². The number of alkyl halides is 3. The van der Waals surface area contributed by atoms with E-state index in [4.69, 9.17) is 11.6 Å². The van der Waals surface area contributed by atoms with E-state index in [9.17, 15) is 22.8 Å². The Hall–Kier alpha value is -1.80. The monoisotopic (exact) mass is 377 g/mol. The Balaban J connectivity index is 1.98. The van der Waals surface area contributed by atoms with E-state index in [1.165, 1.54) is 6.07 Å². The number of nitrogens with one attached hydrogen (secondary N) is 1. The second-order valence-electron chi connectivity index (χ2n) is 5.73. The standard InChI is InChI=1S/C16H19ClF3N3O2/c1-2-22-5-7-23(8-6-22)15(25)10-14(24)21-13-4-3-11(17)9-12(13)16(18,19)20/h3-4,9H,2,5-8,10H2,1H3,(H,21,24). The minimum atomic E-state index is -4.66. The number of nitrogens with zero attached hydrogens (tertiary/aromatic N) is 2. The van der Waals surface area contributed by atoms with Crippen LogP contribution in [-0.4, -0.2) is 54.3 Å². The van der Waals surface area contributed by atoms with Gasteiger partial charge >= 0.3 is 6.18 Å². The van der Waals surface area contributed by atoms with Crippen LogP contribution in [0.4, 0.5) is 18.9 Å². The maximum absolute atomic E-state index is 13.0. The molecule has 9 heteroatoms. The fourth-order valence-corrected chi connectivity index (χ4v) is 2.79. The lowest BCUT2D eigenvalue weighted by Gasteiger charge is -2.34. The molecule has 1 aromatic carbocycles. The van der Waals surface area contributed by atoms with E-state index in [0.717, 1.165) is 31.8 Å². The quantitative estimate of drug-likeness (QED) is 0.821. The highest BCUT2D eigenvalue weighted by molar-refractivity contribution is 6.30. The highest BCUT2D eigenvalue weighted by atomic mass is 35.5. The molecule has 0 aromatic heterocycles. The van der Waals surface area contributed by atoms with Crippen molar-refractivity contribution in [2.75, 3.05) is 38.0 Å². The molecule has 1 fully saturated rings. The molecule has 2 amide bonds. The maximum atomic E-state index is 13.0. The Labute approximate surface area is 148 Å². The smallest absolute Gasteiger partial charge is 0.340 e. The van der Waals surface area contributed by atoms with Crippen LogP contribution in [0.15, 0.2) is 18.2 Å². The van der Waals surface area contributed by atoms with Gasteiger partial charge in [-0.3, -0.25) is 9.59 Å². The molecule has 1 N–H and O–H groups in total. The molecule has 1 aliphatic rings. The second kappa shape index (κ2) is 8.05. The summed E-state index contributed by atoms with van der Waals surface area (Å²) in [5, 5.41) is 2.07. The molecule has 0 saturated carbocycles. The molecule has 1 saturated heterocycles. The molecule has 25 heavy (non-hydrogen) atoms. The average Bonchev–Trinajstić information content (AvgIpc) is 2.55. The van der Waals surface area contributed by atoms with E-state index < -0.39 is 35.7 Å². The highest BCUT2D eigenvalue weighted by Crippen LogP contribution is 2.36. The summed E-state index contributed by atoms with van der Waals surface area (Å²) in [6.07, 6.45) is -5.15. The topological polar surface area (TPSA) is 52.7 Å². The number of carbonyl (C=O) groups is 2. The van der Waals surface area contributed by atoms with E-state index in [-0.39, 0.29) is 5.02 Å². The van der Waals surface area contributed by atoms with Crippen LogP contribution in [0.1, 0.15) is 18.9 Å². The van der Waals surface area contributed by atoms with Gasteiger partial charge in [0.2, 0.25) is 11.8 Å². The van der Waals surface area contributed by atoms with E-state index in [2.05, 4.69) is 10.2 Å². The van der Waals surface area contributed by atoms with Crippen LogP contribution in [0.25, 0.3) is 0 Å². The van der Waals surface area contributed by atoms with Crippen molar-refractivity contribution in [2.45, 2.75) is 19.5 Å². The normalized spacial score (nSPS) is 16.0. The summed E-state index contributed by atoms with van der Waals surface area (Å²) in [6.45, 7) is 5.37. The van der Waals surface area contributed by atoms with E-state index in [0.29, 0.717) is 13.1 Å². The van der Waals surface area contributed by atoms with Gasteiger partial charge in [0.1, 0.15) is 6.42 Å². The zero-order valence-corrected chi connectivity index (χ0v) is 14.5. The van der Waals surface area contributed by atoms with E-state index in [1.54, 1.807) is 4.90 Å². The van der Waals surface area contributed by atoms with Crippen molar-refractivity contribution in [3.8, 4) is 0 Å². The predicted octanol–water partition coefficient (Wildman–Crippen LogP) is 2.85. The third-order valence-corrected chi connectivity index (χ3v) is 4.28. The molecule has 2 rings (SSSR count). The third kappa shape index (κ3) is 5.34. The number of anilines is 1. The molecule has 5 nitrogen and oxygen atoms in total. The minimum absolute atomic E-state index is 0.0878. The Morgan fingerprint density at radius 1 is 1.20 bits per heavy atom. The number of hydrogen-bond acceptors (Lipinski definition) is 3. The molecule has 1 aliphatic heterocycles. The van der Waals surface area contributed by atoms with Crippen LogP contribution in [0.5, 0.6) is 0 Å². The lowest BCUT2D eigenvalue weighted by atomic mass is 10.1. The van der Waals surface area contributed by atoms with Crippen molar-refractivity contribution in [1.82, 2.24) is 9.80 Å². The summed E-state index contributed by atoms with van der Waals surface area (Å²) in [5.41, 5.74) is -1.46. The van der Waals surface area contributed by atoms with Crippen molar-refractivity contribution < 1.29 is 22.8 Å². The molecule has 0 radical (unpaired) electrons. The molecular formula is C16H19ClF3N3O2. The van der Waals surface area contributed by atoms with Gasteiger partial charge in [-0.25, -0.2) is 0 Å². The SMILES string of the molecule is CCN1CCN(C(=O)CC(=O)Nc2ccc(Cl)cc2C(F)(F)F)CC1. The zero-order chi connectivity index (χ0) is 18.6. The van der Waals surface area contributed by atoms with Gasteiger partial charge < -0.3 is 15.1 Å². The molecule has 138 valence electrons. The molecule has 1 heterocycles. The lowest BCUT2D eigenvalue weighted by molar-refractivity contribution is -0.137. The number of carbonyl (C=O) groups excluding carboxylic acids is 2. The molecule has 0 spiro atoms. The second-order valence-corrected chi connectivity index (χ2v) is 6.16. The summed E-state index contributed by atoms with van der Waals surface area (Å²) >= 11 is 5.59. The van der Waals surface area contributed by atoms with E-state index >= 15 is 0 Å². The maximum Gasteiger partial charge on any atom is 0.418 e. The molecular weight excluding hydrogens is 359 g/mol. The number of likely N-dealkylation sites (N-methyl/N-ethyl adjacent to an activating group) is 1. The molecule has 0 atom stereocenters. The van der Waals surface area contributed by atoms with Crippen LogP contribution in [0.3, 0.4) is 0 Å². The van der Waals surface area contributed by atoms with Crippen LogP contribution < -0.4 is 5.32 Å². The Bertz CT molecular complexity index is 644. The fraction of sp³-hybridized carbons (Fsp3) is 0.500. The van der Waals surface area contributed by atoms with Gasteiger partial charge in [0.05, 0.1) is 11.3 Å². The summed E-state index contributed by atoms with van der Waals surface area (Å²) in [4.78, 5) is 27.8. The third-order valence-electron chi connectivity index (χ3n) is 4.05. The zero-order valence-electron chi connectivity index (χ0n) is 13.7. The lowest BCUT2D eigenvalue weighted by Crippen LogP contribution is -2.49. The summed E-state index contributed by atoms with van der Waals surface area (Å²) in [5.74, 6) is -1.17. The van der Waals surface area contributed by atoms with Crippen molar-refractivity contribution in [2.24, 2.45) is 0 Å². The van der Waals surface area contributed by atoms with Crippen LogP contribution in [0.2, 0.25) is 5.02 Å². The van der Waals surface area contributed by atoms with Gasteiger partial charge in [0.25, 0.3) is 0 Å². The number of rotatable bonds is 4. The molecule has 0 bridgehead atoms. The Kier molecular flexibility index (Phi) is 6.29. The molecule has 1 aromatic rings. The van der Waals surface area contributed by atoms with Gasteiger partial charge in [0, 0.05) is 31.2 Å². The average molecular weight is 378 g/mol. The van der Waals surface area contributed by atoms with Crippen molar-refractivity contribution in [3.05, 3.63) is 28.8 Å². The van der Waals surface area contributed by atoms with Gasteiger partial charge in [-0.1, -0.05) is 18.5 Å². The summed E-state index contributed by atoms with van der Waals surface area (Å²) < 4.78 is 39.0. The van der Waals surface area contributed by atoms with Crippen LogP contribution in [-0.2, 0) is 15.8 Å². The number of piperazine rings is 1. The first-order valence-electron chi connectivity index (χ1n) is 7.87. The van der Waals surface area contributed by atoms with Crippen LogP contribution in [0, 0.1) is 0 Å². The fourth-order valence-electron chi connectivity index (χ4n) is 2.62. The van der Waals surface area contributed by atoms with Gasteiger partial charge in [-0.05, 0) is 24.7 Å². The molecule has 0 aliphatic carbocycles. The first-order chi connectivity index (χ1) is 11.7. The summed E-state index contributed by atoms with van der Waals surface area (Å²) in [7, 11) is 0. The minimum Gasteiger partial charge on any atom is -0.340 e. The Morgan fingerprint density at radius 2 is 1.84 bits per heavy atom. The summed E-state index contributed by atoms with van der Waals surface area (Å²) in [6, 6.07) is 3.06. The number of amides is 2. The highest BCUT2D eigenvalue weighted by Gasteiger charge is 2.34. The number of hydrogen-bond donors (Lipinski definition) is 1. The van der Waals surface area contributed by atoms with E-state index in [1.807, 2.05) is 6.92 Å². The van der Waals surface area contributed by atoms with Crippen molar-refractivity contribution >= 4 is 29.1 Å². The first-order valence-corrected chi connectivity index (χ1v) is 8.25. The van der Waals surface area contributed by atoms with Gasteiger partial charge in [-0.15, -0.1) is 0 Å². The molecule has 0 unspecified atom stereocenters. The Morgan fingerprint density at radius 3 is 2.40 bits per heavy atom. The number of halogens is 4. The van der Waals surface area contributed by atoms with Crippen LogP contribution >= 0.6 is 11.6 Å².